The van der Waals surface area contributed by atoms with Crippen LogP contribution in [0.1, 0.15) is 16.8 Å². The maximum Gasteiger partial charge on any atom is 0.252 e. The molecule has 0 aliphatic heterocycles. The summed E-state index contributed by atoms with van der Waals surface area (Å²) in [5.41, 5.74) is 7.43. The Balaban J connectivity index is 2.30. The van der Waals surface area contributed by atoms with Crippen molar-refractivity contribution in [2.24, 2.45) is 5.73 Å². The molecule has 1 amide bonds. The predicted octanol–water partition coefficient (Wildman–Crippen LogP) is 1.04. The lowest BCUT2D eigenvalue weighted by molar-refractivity contribution is 0.100. The van der Waals surface area contributed by atoms with Crippen molar-refractivity contribution in [1.82, 2.24) is 9.97 Å². The fraction of sp³-hybridized carbons (Fsp3) is 0.214. The van der Waals surface area contributed by atoms with E-state index in [1.807, 2.05) is 12.1 Å². The molecule has 0 bridgehead atoms. The summed E-state index contributed by atoms with van der Waals surface area (Å²) in [5, 5.41) is 11.7. The van der Waals surface area contributed by atoms with Gasteiger partial charge < -0.3 is 16.2 Å². The van der Waals surface area contributed by atoms with Gasteiger partial charge in [-0.05, 0) is 30.2 Å². The van der Waals surface area contributed by atoms with E-state index in [9.17, 15) is 4.79 Å². The number of carbonyl (C=O) groups is 1. The number of anilines is 1. The van der Waals surface area contributed by atoms with Gasteiger partial charge in [0.2, 0.25) is 0 Å². The highest BCUT2D eigenvalue weighted by atomic mass is 16.3. The first-order valence-electron chi connectivity index (χ1n) is 6.27. The van der Waals surface area contributed by atoms with E-state index in [2.05, 4.69) is 15.3 Å². The van der Waals surface area contributed by atoms with E-state index >= 15 is 0 Å². The molecule has 0 aliphatic rings. The number of rotatable bonds is 6. The average Bonchev–Trinajstić information content (AvgIpc) is 2.48. The maximum absolute atomic E-state index is 11.5. The van der Waals surface area contributed by atoms with E-state index in [0.717, 1.165) is 11.1 Å². The molecule has 20 heavy (non-hydrogen) atoms. The number of pyridine rings is 2. The van der Waals surface area contributed by atoms with Crippen LogP contribution in [0.25, 0.3) is 11.1 Å². The van der Waals surface area contributed by atoms with Gasteiger partial charge in [0.25, 0.3) is 5.91 Å². The molecule has 0 saturated heterocycles. The number of nitrogens with one attached hydrogen (secondary N) is 1. The molecule has 0 aromatic carbocycles. The third-order valence-electron chi connectivity index (χ3n) is 2.79. The molecule has 0 atom stereocenters. The SMILES string of the molecule is NC(=O)c1cc(-c2ccncc2)cnc1NCCCO. The fourth-order valence-electron chi connectivity index (χ4n) is 1.78. The summed E-state index contributed by atoms with van der Waals surface area (Å²) in [4.78, 5) is 19.7. The molecule has 2 aromatic heterocycles. The minimum absolute atomic E-state index is 0.0774. The smallest absolute Gasteiger partial charge is 0.252 e. The minimum atomic E-state index is -0.542. The number of hydrogen-bond acceptors (Lipinski definition) is 5. The lowest BCUT2D eigenvalue weighted by atomic mass is 10.1. The highest BCUT2D eigenvalue weighted by molar-refractivity contribution is 5.98. The number of primary amides is 1. The van der Waals surface area contributed by atoms with Gasteiger partial charge in [-0.2, -0.15) is 0 Å². The van der Waals surface area contributed by atoms with Crippen molar-refractivity contribution in [3.63, 3.8) is 0 Å². The van der Waals surface area contributed by atoms with Crippen LogP contribution >= 0.6 is 0 Å². The predicted molar refractivity (Wildman–Crippen MR) is 76.2 cm³/mol. The Bertz CT molecular complexity index is 587. The van der Waals surface area contributed by atoms with Gasteiger partial charge in [-0.3, -0.25) is 9.78 Å². The van der Waals surface area contributed by atoms with Crippen molar-refractivity contribution in [1.29, 1.82) is 0 Å². The number of nitrogens with two attached hydrogens (primary N) is 1. The first kappa shape index (κ1) is 14.0. The molecular weight excluding hydrogens is 256 g/mol. The lowest BCUT2D eigenvalue weighted by Crippen LogP contribution is -2.16. The lowest BCUT2D eigenvalue weighted by Gasteiger charge is -2.10. The summed E-state index contributed by atoms with van der Waals surface area (Å²) in [6.45, 7) is 0.604. The van der Waals surface area contributed by atoms with Crippen LogP contribution in [0.4, 0.5) is 5.82 Å². The molecule has 0 spiro atoms. The monoisotopic (exact) mass is 272 g/mol. The third kappa shape index (κ3) is 3.30. The van der Waals surface area contributed by atoms with Crippen molar-refractivity contribution in [3.05, 3.63) is 42.4 Å². The Morgan fingerprint density at radius 2 is 2.05 bits per heavy atom. The van der Waals surface area contributed by atoms with Crippen molar-refractivity contribution in [2.45, 2.75) is 6.42 Å². The van der Waals surface area contributed by atoms with E-state index in [0.29, 0.717) is 24.3 Å². The molecule has 0 aliphatic carbocycles. The molecular formula is C14H16N4O2. The van der Waals surface area contributed by atoms with Crippen LogP contribution in [0.2, 0.25) is 0 Å². The maximum atomic E-state index is 11.5. The largest absolute Gasteiger partial charge is 0.396 e. The van der Waals surface area contributed by atoms with Crippen LogP contribution in [0.3, 0.4) is 0 Å². The van der Waals surface area contributed by atoms with E-state index in [1.165, 1.54) is 0 Å². The normalized spacial score (nSPS) is 10.2. The van der Waals surface area contributed by atoms with E-state index in [1.54, 1.807) is 24.7 Å². The topological polar surface area (TPSA) is 101 Å². The number of aliphatic hydroxyl groups excluding tert-OH is 1. The van der Waals surface area contributed by atoms with Crippen LogP contribution in [-0.4, -0.2) is 34.1 Å². The average molecular weight is 272 g/mol. The molecule has 2 rings (SSSR count). The van der Waals surface area contributed by atoms with Gasteiger partial charge >= 0.3 is 0 Å². The zero-order valence-electron chi connectivity index (χ0n) is 10.9. The van der Waals surface area contributed by atoms with Crippen molar-refractivity contribution >= 4 is 11.7 Å². The fourth-order valence-corrected chi connectivity index (χ4v) is 1.78. The minimum Gasteiger partial charge on any atom is -0.396 e. The second kappa shape index (κ2) is 6.63. The summed E-state index contributed by atoms with van der Waals surface area (Å²) in [6.07, 6.45) is 5.59. The summed E-state index contributed by atoms with van der Waals surface area (Å²) >= 11 is 0. The Morgan fingerprint density at radius 3 is 2.70 bits per heavy atom. The Morgan fingerprint density at radius 1 is 1.30 bits per heavy atom. The van der Waals surface area contributed by atoms with Gasteiger partial charge in [0.15, 0.2) is 0 Å². The number of aliphatic hydroxyl groups is 1. The summed E-state index contributed by atoms with van der Waals surface area (Å²) in [6, 6.07) is 5.37. The zero-order chi connectivity index (χ0) is 14.4. The molecule has 104 valence electrons. The highest BCUT2D eigenvalue weighted by Gasteiger charge is 2.11. The van der Waals surface area contributed by atoms with Gasteiger partial charge in [0.05, 0.1) is 5.56 Å². The standard InChI is InChI=1S/C14H16N4O2/c15-13(20)12-8-11(10-2-5-16-6-3-10)9-18-14(12)17-4-1-7-19/h2-3,5-6,8-9,19H,1,4,7H2,(H2,15,20)(H,17,18). The van der Waals surface area contributed by atoms with Gasteiger partial charge in [-0.15, -0.1) is 0 Å². The number of hydrogen-bond donors (Lipinski definition) is 3. The van der Waals surface area contributed by atoms with Crippen LogP contribution in [0.5, 0.6) is 0 Å². The van der Waals surface area contributed by atoms with Gasteiger partial charge in [-0.1, -0.05) is 0 Å². The van der Waals surface area contributed by atoms with Crippen LogP contribution < -0.4 is 11.1 Å². The van der Waals surface area contributed by atoms with Gasteiger partial charge in [-0.25, -0.2) is 4.98 Å². The van der Waals surface area contributed by atoms with Gasteiger partial charge in [0, 0.05) is 37.3 Å². The van der Waals surface area contributed by atoms with E-state index < -0.39 is 5.91 Å². The first-order valence-corrected chi connectivity index (χ1v) is 6.27. The Kier molecular flexibility index (Phi) is 4.62. The number of amides is 1. The quantitative estimate of drug-likeness (QED) is 0.682. The summed E-state index contributed by atoms with van der Waals surface area (Å²) in [5.74, 6) is -0.108. The Hall–Kier alpha value is -2.47. The zero-order valence-corrected chi connectivity index (χ0v) is 10.9. The number of carbonyl (C=O) groups excluding carboxylic acids is 1. The van der Waals surface area contributed by atoms with Crippen molar-refractivity contribution < 1.29 is 9.90 Å². The van der Waals surface area contributed by atoms with Crippen molar-refractivity contribution in [2.75, 3.05) is 18.5 Å². The summed E-state index contributed by atoms with van der Waals surface area (Å²) < 4.78 is 0. The number of aromatic nitrogens is 2. The molecule has 0 saturated carbocycles. The molecule has 0 fully saturated rings. The number of nitrogens with zero attached hydrogens (tertiary/aromatic N) is 2. The Labute approximate surface area is 116 Å². The van der Waals surface area contributed by atoms with Crippen LogP contribution in [0.15, 0.2) is 36.8 Å². The highest BCUT2D eigenvalue weighted by Crippen LogP contribution is 2.22. The molecule has 2 aromatic rings. The van der Waals surface area contributed by atoms with Crippen molar-refractivity contribution in [3.8, 4) is 11.1 Å². The van der Waals surface area contributed by atoms with E-state index in [-0.39, 0.29) is 6.61 Å². The molecule has 6 nitrogen and oxygen atoms in total. The van der Waals surface area contributed by atoms with E-state index in [4.69, 9.17) is 10.8 Å². The molecule has 0 radical (unpaired) electrons. The van der Waals surface area contributed by atoms with Crippen LogP contribution in [0, 0.1) is 0 Å². The van der Waals surface area contributed by atoms with Crippen LogP contribution in [-0.2, 0) is 0 Å². The molecule has 6 heteroatoms. The van der Waals surface area contributed by atoms with Gasteiger partial charge in [0.1, 0.15) is 5.82 Å². The second-order valence-electron chi connectivity index (χ2n) is 4.22. The second-order valence-corrected chi connectivity index (χ2v) is 4.22. The molecule has 0 unspecified atom stereocenters. The molecule has 4 N–H and O–H groups in total. The third-order valence-corrected chi connectivity index (χ3v) is 2.79. The summed E-state index contributed by atoms with van der Waals surface area (Å²) in [7, 11) is 0. The molecule has 2 heterocycles. The first-order chi connectivity index (χ1) is 9.72.